The summed E-state index contributed by atoms with van der Waals surface area (Å²) in [4.78, 5) is 37.4. The van der Waals surface area contributed by atoms with Crippen molar-refractivity contribution in [1.29, 1.82) is 0 Å². The molecule has 0 saturated carbocycles. The summed E-state index contributed by atoms with van der Waals surface area (Å²) in [5.74, 6) is 0.738. The molecule has 2 aliphatic heterocycles. The van der Waals surface area contributed by atoms with Crippen molar-refractivity contribution in [2.45, 2.75) is 31.8 Å². The molecule has 1 spiro atoms. The highest BCUT2D eigenvalue weighted by Crippen LogP contribution is 2.43. The number of hydrogen-bond donors (Lipinski definition) is 1. The molecular formula is C21H30N2O6. The lowest BCUT2D eigenvalue weighted by molar-refractivity contribution is -0.152. The molecule has 0 aliphatic carbocycles. The van der Waals surface area contributed by atoms with Gasteiger partial charge in [0.1, 0.15) is 11.9 Å². The number of nitrogens with zero attached hydrogens (tertiary/aromatic N) is 2. The molecule has 2 aliphatic rings. The number of carbonyl (C=O) groups excluding carboxylic acids is 2. The van der Waals surface area contributed by atoms with Crippen LogP contribution in [-0.2, 0) is 25.5 Å². The van der Waals surface area contributed by atoms with Gasteiger partial charge in [-0.15, -0.1) is 0 Å². The van der Waals surface area contributed by atoms with Crippen LogP contribution in [0.3, 0.4) is 0 Å². The zero-order chi connectivity index (χ0) is 21.4. The third kappa shape index (κ3) is 5.69. The van der Waals surface area contributed by atoms with Gasteiger partial charge in [0.2, 0.25) is 5.91 Å². The fourth-order valence-corrected chi connectivity index (χ4v) is 4.06. The molecular weight excluding hydrogens is 376 g/mol. The van der Waals surface area contributed by atoms with Gasteiger partial charge in [-0.05, 0) is 33.0 Å². The molecule has 1 N–H and O–H groups in total. The van der Waals surface area contributed by atoms with Gasteiger partial charge in [-0.1, -0.05) is 18.2 Å². The molecule has 0 aromatic heterocycles. The van der Waals surface area contributed by atoms with Gasteiger partial charge in [0.15, 0.2) is 0 Å². The Hall–Kier alpha value is -2.61. The largest absolute Gasteiger partial charge is 0.496 e. The Kier molecular flexibility index (Phi) is 8.01. The molecule has 1 atom stereocenters. The number of esters is 1. The van der Waals surface area contributed by atoms with Gasteiger partial charge in [-0.25, -0.2) is 0 Å². The van der Waals surface area contributed by atoms with Crippen LogP contribution in [-0.4, -0.2) is 80.2 Å². The smallest absolute Gasteiger partial charge is 0.312 e. The Labute approximate surface area is 171 Å². The van der Waals surface area contributed by atoms with E-state index in [4.69, 9.17) is 19.4 Å². The zero-order valence-electron chi connectivity index (χ0n) is 17.3. The number of methoxy groups -OCH3 is 1. The van der Waals surface area contributed by atoms with Gasteiger partial charge in [-0.2, -0.15) is 0 Å². The van der Waals surface area contributed by atoms with Crippen LogP contribution in [0.2, 0.25) is 0 Å². The first-order valence-electron chi connectivity index (χ1n) is 9.68. The Bertz CT molecular complexity index is 713. The van der Waals surface area contributed by atoms with Crippen LogP contribution in [0.1, 0.15) is 24.8 Å². The molecule has 3 rings (SSSR count). The molecule has 1 aromatic carbocycles. The number of benzene rings is 1. The Morgan fingerprint density at radius 1 is 1.34 bits per heavy atom. The molecule has 1 unspecified atom stereocenters. The van der Waals surface area contributed by atoms with Gasteiger partial charge in [-0.3, -0.25) is 14.4 Å². The van der Waals surface area contributed by atoms with E-state index in [0.29, 0.717) is 32.4 Å². The molecule has 0 radical (unpaired) electrons. The van der Waals surface area contributed by atoms with Crippen LogP contribution >= 0.6 is 0 Å². The summed E-state index contributed by atoms with van der Waals surface area (Å²) in [6.45, 7) is 1.72. The van der Waals surface area contributed by atoms with Crippen molar-refractivity contribution >= 4 is 18.3 Å². The van der Waals surface area contributed by atoms with E-state index in [1.165, 1.54) is 0 Å². The number of ether oxygens (including phenoxy) is 2. The average Bonchev–Trinajstić information content (AvgIpc) is 2.97. The minimum Gasteiger partial charge on any atom is -0.496 e. The number of carboxylic acid groups (broad SMARTS) is 1. The Morgan fingerprint density at radius 2 is 1.97 bits per heavy atom. The molecule has 2 fully saturated rings. The van der Waals surface area contributed by atoms with Crippen molar-refractivity contribution in [3.05, 3.63) is 29.8 Å². The Morgan fingerprint density at radius 3 is 2.55 bits per heavy atom. The van der Waals surface area contributed by atoms with E-state index in [0.717, 1.165) is 24.3 Å². The summed E-state index contributed by atoms with van der Waals surface area (Å²) in [5, 5.41) is 6.89. The van der Waals surface area contributed by atoms with Gasteiger partial charge in [0, 0.05) is 31.6 Å². The predicted molar refractivity (Wildman–Crippen MR) is 107 cm³/mol. The highest BCUT2D eigenvalue weighted by Gasteiger charge is 2.50. The number of amides is 1. The van der Waals surface area contributed by atoms with Crippen LogP contribution < -0.4 is 4.74 Å². The highest BCUT2D eigenvalue weighted by molar-refractivity contribution is 5.82. The van der Waals surface area contributed by atoms with E-state index in [1.807, 2.05) is 48.2 Å². The van der Waals surface area contributed by atoms with Crippen molar-refractivity contribution < 1.29 is 29.0 Å². The third-order valence-corrected chi connectivity index (χ3v) is 5.50. The molecule has 8 nitrogen and oxygen atoms in total. The highest BCUT2D eigenvalue weighted by atomic mass is 16.6. The number of para-hydroxylation sites is 1. The number of rotatable bonds is 5. The topological polar surface area (TPSA) is 96.4 Å². The lowest BCUT2D eigenvalue weighted by atomic mass is 9.76. The van der Waals surface area contributed by atoms with Crippen LogP contribution in [0.4, 0.5) is 0 Å². The van der Waals surface area contributed by atoms with Gasteiger partial charge in [0.25, 0.3) is 6.47 Å². The van der Waals surface area contributed by atoms with E-state index < -0.39 is 5.41 Å². The summed E-state index contributed by atoms with van der Waals surface area (Å²) < 4.78 is 10.9. The second-order valence-corrected chi connectivity index (χ2v) is 7.75. The second kappa shape index (κ2) is 10.2. The number of piperidine rings is 1. The van der Waals surface area contributed by atoms with E-state index >= 15 is 0 Å². The first-order valence-corrected chi connectivity index (χ1v) is 9.68. The quantitative estimate of drug-likeness (QED) is 0.584. The fraction of sp³-hybridized carbons (Fsp3) is 0.571. The first-order chi connectivity index (χ1) is 13.8. The number of hydrogen-bond acceptors (Lipinski definition) is 6. The maximum absolute atomic E-state index is 12.7. The number of cyclic esters (lactones) is 1. The summed E-state index contributed by atoms with van der Waals surface area (Å²) in [5.41, 5.74) is 0.494. The molecule has 29 heavy (non-hydrogen) atoms. The van der Waals surface area contributed by atoms with Crippen LogP contribution in [0, 0.1) is 5.41 Å². The molecule has 8 heteroatoms. The zero-order valence-corrected chi connectivity index (χ0v) is 17.3. The maximum Gasteiger partial charge on any atom is 0.312 e. The van der Waals surface area contributed by atoms with Crippen molar-refractivity contribution in [2.24, 2.45) is 5.41 Å². The number of carbonyl (C=O) groups is 3. The predicted octanol–water partition coefficient (Wildman–Crippen LogP) is 1.42. The Balaban J connectivity index is 0.000000941. The van der Waals surface area contributed by atoms with Crippen molar-refractivity contribution in [3.63, 3.8) is 0 Å². The molecule has 2 saturated heterocycles. The number of likely N-dealkylation sites (tertiary alicyclic amines) is 1. The van der Waals surface area contributed by atoms with E-state index in [1.54, 1.807) is 7.11 Å². The molecule has 1 amide bonds. The van der Waals surface area contributed by atoms with Crippen LogP contribution in [0.25, 0.3) is 0 Å². The average molecular weight is 406 g/mol. The molecule has 0 bridgehead atoms. The summed E-state index contributed by atoms with van der Waals surface area (Å²) in [6, 6.07) is 7.60. The fourth-order valence-electron chi connectivity index (χ4n) is 4.06. The lowest BCUT2D eigenvalue weighted by Gasteiger charge is -2.36. The van der Waals surface area contributed by atoms with Crippen LogP contribution in [0.15, 0.2) is 24.3 Å². The SMILES string of the molecule is COc1ccccc1CC(=O)N1CCC2(CC1)CC(CN(C)C)OC2=O.O=CO. The van der Waals surface area contributed by atoms with Gasteiger partial charge < -0.3 is 24.4 Å². The van der Waals surface area contributed by atoms with E-state index in [9.17, 15) is 9.59 Å². The van der Waals surface area contributed by atoms with E-state index in [-0.39, 0.29) is 24.5 Å². The summed E-state index contributed by atoms with van der Waals surface area (Å²) >= 11 is 0. The molecule has 160 valence electrons. The standard InChI is InChI=1S/C20H28N2O4.CH2O2/c1-21(2)14-16-13-20(19(24)26-16)8-10-22(11-9-20)18(23)12-15-6-4-5-7-17(15)25-3;2-1-3/h4-7,16H,8-14H2,1-3H3;1H,(H,2,3). The molecule has 1 aromatic rings. The second-order valence-electron chi connectivity index (χ2n) is 7.75. The van der Waals surface area contributed by atoms with Crippen LogP contribution in [0.5, 0.6) is 5.75 Å². The lowest BCUT2D eigenvalue weighted by Crippen LogP contribution is -2.45. The van der Waals surface area contributed by atoms with Gasteiger partial charge in [0.05, 0.1) is 18.9 Å². The molecule has 2 heterocycles. The monoisotopic (exact) mass is 406 g/mol. The minimum absolute atomic E-state index is 0.0340. The van der Waals surface area contributed by atoms with Crippen molar-refractivity contribution in [2.75, 3.05) is 40.8 Å². The summed E-state index contributed by atoms with van der Waals surface area (Å²) in [7, 11) is 5.58. The first kappa shape index (κ1) is 22.7. The minimum atomic E-state index is -0.401. The third-order valence-electron chi connectivity index (χ3n) is 5.50. The van der Waals surface area contributed by atoms with Crippen molar-refractivity contribution in [3.8, 4) is 5.75 Å². The van der Waals surface area contributed by atoms with E-state index in [2.05, 4.69) is 0 Å². The maximum atomic E-state index is 12.7. The normalized spacial score (nSPS) is 20.1. The van der Waals surface area contributed by atoms with Gasteiger partial charge >= 0.3 is 5.97 Å². The van der Waals surface area contributed by atoms with Crippen molar-refractivity contribution in [1.82, 2.24) is 9.80 Å². The summed E-state index contributed by atoms with van der Waals surface area (Å²) in [6.07, 6.45) is 2.43. The number of likely N-dealkylation sites (N-methyl/N-ethyl adjacent to an activating group) is 1.